The van der Waals surface area contributed by atoms with Crippen molar-refractivity contribution in [3.63, 3.8) is 0 Å². The van der Waals surface area contributed by atoms with Crippen LogP contribution in [0.2, 0.25) is 0 Å². The molecule has 0 aliphatic carbocycles. The molecule has 0 saturated carbocycles. The Hall–Kier alpha value is -3.59. The summed E-state index contributed by atoms with van der Waals surface area (Å²) in [5.74, 6) is 0.533. The Morgan fingerprint density at radius 2 is 1.80 bits per heavy atom. The molecule has 2 aromatic carbocycles. The number of nitrogens with zero attached hydrogens (tertiary/aromatic N) is 4. The second kappa shape index (κ2) is 8.42. The van der Waals surface area contributed by atoms with Crippen LogP contribution in [0.5, 0.6) is 5.75 Å². The van der Waals surface area contributed by atoms with E-state index in [1.807, 2.05) is 30.3 Å². The van der Waals surface area contributed by atoms with E-state index in [-0.39, 0.29) is 17.1 Å². The lowest BCUT2D eigenvalue weighted by Crippen LogP contribution is -2.23. The second-order valence-corrected chi connectivity index (χ2v) is 7.77. The SMILES string of the molecule is COc1ccc(NC(=O)[C@@H](C)Sc2nnc3c(=O)n(-c4ccccc4)ccn23)cc1. The minimum Gasteiger partial charge on any atom is -0.497 e. The largest absolute Gasteiger partial charge is 0.497 e. The molecule has 8 nitrogen and oxygen atoms in total. The lowest BCUT2D eigenvalue weighted by atomic mass is 10.3. The quantitative estimate of drug-likeness (QED) is 0.482. The van der Waals surface area contributed by atoms with Gasteiger partial charge >= 0.3 is 5.56 Å². The molecule has 1 atom stereocenters. The molecular formula is C21H19N5O3S. The van der Waals surface area contributed by atoms with Crippen LogP contribution in [0.25, 0.3) is 11.3 Å². The van der Waals surface area contributed by atoms with E-state index in [1.54, 1.807) is 55.1 Å². The first-order valence-electron chi connectivity index (χ1n) is 9.20. The molecule has 0 radical (unpaired) electrons. The number of carbonyl (C=O) groups excluding carboxylic acids is 1. The van der Waals surface area contributed by atoms with E-state index >= 15 is 0 Å². The number of thioether (sulfide) groups is 1. The molecule has 0 saturated heterocycles. The van der Waals surface area contributed by atoms with Crippen LogP contribution in [0.3, 0.4) is 0 Å². The first-order valence-corrected chi connectivity index (χ1v) is 10.1. The van der Waals surface area contributed by atoms with Crippen LogP contribution in [-0.4, -0.2) is 37.4 Å². The van der Waals surface area contributed by atoms with Gasteiger partial charge in [-0.3, -0.25) is 18.6 Å². The van der Waals surface area contributed by atoms with Crippen molar-refractivity contribution in [3.05, 3.63) is 77.3 Å². The molecule has 0 aliphatic heterocycles. The van der Waals surface area contributed by atoms with Crippen LogP contribution in [0, 0.1) is 0 Å². The van der Waals surface area contributed by atoms with Gasteiger partial charge in [0.15, 0.2) is 5.16 Å². The zero-order valence-corrected chi connectivity index (χ0v) is 17.2. The third kappa shape index (κ3) is 3.92. The van der Waals surface area contributed by atoms with E-state index in [9.17, 15) is 9.59 Å². The number of para-hydroxylation sites is 1. The number of methoxy groups -OCH3 is 1. The third-order valence-corrected chi connectivity index (χ3v) is 5.54. The van der Waals surface area contributed by atoms with Gasteiger partial charge in [0, 0.05) is 23.8 Å². The highest BCUT2D eigenvalue weighted by molar-refractivity contribution is 8.00. The molecule has 0 aliphatic rings. The summed E-state index contributed by atoms with van der Waals surface area (Å²) in [5.41, 5.74) is 1.34. The minimum atomic E-state index is -0.448. The van der Waals surface area contributed by atoms with Crippen LogP contribution in [0.15, 0.2) is 76.9 Å². The van der Waals surface area contributed by atoms with Gasteiger partial charge in [0.05, 0.1) is 12.4 Å². The van der Waals surface area contributed by atoms with Crippen molar-refractivity contribution in [2.75, 3.05) is 12.4 Å². The Kier molecular flexibility index (Phi) is 5.53. The van der Waals surface area contributed by atoms with Gasteiger partial charge in [0.2, 0.25) is 11.6 Å². The predicted molar refractivity (Wildman–Crippen MR) is 116 cm³/mol. The first kappa shape index (κ1) is 19.7. The zero-order chi connectivity index (χ0) is 21.1. The van der Waals surface area contributed by atoms with E-state index < -0.39 is 5.25 Å². The molecule has 0 bridgehead atoms. The van der Waals surface area contributed by atoms with Gasteiger partial charge < -0.3 is 10.1 Å². The van der Waals surface area contributed by atoms with Gasteiger partial charge in [-0.1, -0.05) is 30.0 Å². The van der Waals surface area contributed by atoms with Gasteiger partial charge in [-0.05, 0) is 43.3 Å². The molecule has 2 heterocycles. The summed E-state index contributed by atoms with van der Waals surface area (Å²) in [7, 11) is 1.59. The van der Waals surface area contributed by atoms with E-state index in [1.165, 1.54) is 16.3 Å². The van der Waals surface area contributed by atoms with Crippen molar-refractivity contribution in [2.24, 2.45) is 0 Å². The summed E-state index contributed by atoms with van der Waals surface area (Å²) in [4.78, 5) is 25.3. The Labute approximate surface area is 176 Å². The second-order valence-electron chi connectivity index (χ2n) is 6.46. The number of ether oxygens (including phenoxy) is 1. The highest BCUT2D eigenvalue weighted by Gasteiger charge is 2.19. The number of anilines is 1. The zero-order valence-electron chi connectivity index (χ0n) is 16.4. The maximum absolute atomic E-state index is 12.8. The molecule has 1 N–H and O–H groups in total. The molecule has 152 valence electrons. The van der Waals surface area contributed by atoms with Crippen molar-refractivity contribution < 1.29 is 9.53 Å². The van der Waals surface area contributed by atoms with E-state index in [2.05, 4.69) is 15.5 Å². The maximum Gasteiger partial charge on any atom is 0.300 e. The van der Waals surface area contributed by atoms with Crippen molar-refractivity contribution in [1.29, 1.82) is 0 Å². The number of amides is 1. The number of carbonyl (C=O) groups is 1. The summed E-state index contributed by atoms with van der Waals surface area (Å²) in [6, 6.07) is 16.4. The summed E-state index contributed by atoms with van der Waals surface area (Å²) in [5, 5.41) is 11.0. The van der Waals surface area contributed by atoms with Gasteiger partial charge in [-0.25, -0.2) is 0 Å². The Bertz CT molecular complexity index is 1240. The van der Waals surface area contributed by atoms with E-state index in [0.29, 0.717) is 16.6 Å². The molecule has 9 heteroatoms. The number of benzene rings is 2. The normalized spacial score (nSPS) is 11.9. The monoisotopic (exact) mass is 421 g/mol. The van der Waals surface area contributed by atoms with E-state index in [4.69, 9.17) is 4.74 Å². The number of fused-ring (bicyclic) bond motifs is 1. The number of nitrogens with one attached hydrogen (secondary N) is 1. The van der Waals surface area contributed by atoms with Crippen LogP contribution in [0.1, 0.15) is 6.92 Å². The Morgan fingerprint density at radius 3 is 2.50 bits per heavy atom. The fourth-order valence-corrected chi connectivity index (χ4v) is 3.70. The fraction of sp³-hybridized carbons (Fsp3) is 0.143. The average Bonchev–Trinajstić information content (AvgIpc) is 3.18. The van der Waals surface area contributed by atoms with Crippen LogP contribution in [0.4, 0.5) is 5.69 Å². The van der Waals surface area contributed by atoms with Gasteiger partial charge in [-0.2, -0.15) is 0 Å². The van der Waals surface area contributed by atoms with Crippen LogP contribution in [-0.2, 0) is 4.79 Å². The molecule has 0 fully saturated rings. The maximum atomic E-state index is 12.8. The van der Waals surface area contributed by atoms with Crippen molar-refractivity contribution in [2.45, 2.75) is 17.3 Å². The number of aromatic nitrogens is 4. The first-order chi connectivity index (χ1) is 14.6. The lowest BCUT2D eigenvalue weighted by Gasteiger charge is -2.11. The smallest absolute Gasteiger partial charge is 0.300 e. The Morgan fingerprint density at radius 1 is 1.07 bits per heavy atom. The number of hydrogen-bond donors (Lipinski definition) is 1. The standard InChI is InChI=1S/C21H19N5O3S/c1-14(19(27)22-15-8-10-17(29-2)11-9-15)30-21-24-23-18-20(28)25(12-13-26(18)21)16-6-4-3-5-7-16/h3-14H,1-2H3,(H,22,27)/t14-/m1/s1. The summed E-state index contributed by atoms with van der Waals surface area (Å²) >= 11 is 1.23. The lowest BCUT2D eigenvalue weighted by molar-refractivity contribution is -0.115. The molecule has 4 rings (SSSR count). The molecule has 0 spiro atoms. The van der Waals surface area contributed by atoms with Crippen molar-refractivity contribution in [3.8, 4) is 11.4 Å². The molecule has 30 heavy (non-hydrogen) atoms. The number of hydrogen-bond acceptors (Lipinski definition) is 6. The minimum absolute atomic E-state index is 0.181. The van der Waals surface area contributed by atoms with Gasteiger partial charge in [0.25, 0.3) is 0 Å². The van der Waals surface area contributed by atoms with Gasteiger partial charge in [-0.15, -0.1) is 10.2 Å². The fourth-order valence-electron chi connectivity index (χ4n) is 2.87. The van der Waals surface area contributed by atoms with Crippen LogP contribution >= 0.6 is 11.8 Å². The number of rotatable bonds is 6. The molecule has 2 aromatic heterocycles. The third-order valence-electron chi connectivity index (χ3n) is 4.48. The average molecular weight is 421 g/mol. The molecule has 1 amide bonds. The summed E-state index contributed by atoms with van der Waals surface area (Å²) < 4.78 is 8.23. The molecule has 0 unspecified atom stereocenters. The summed E-state index contributed by atoms with van der Waals surface area (Å²) in [6.45, 7) is 1.77. The highest BCUT2D eigenvalue weighted by Crippen LogP contribution is 2.23. The van der Waals surface area contributed by atoms with Crippen molar-refractivity contribution in [1.82, 2.24) is 19.2 Å². The van der Waals surface area contributed by atoms with E-state index in [0.717, 1.165) is 5.69 Å². The predicted octanol–water partition coefficient (Wildman–Crippen LogP) is 3.01. The molecule has 4 aromatic rings. The van der Waals surface area contributed by atoms with Crippen LogP contribution < -0.4 is 15.6 Å². The van der Waals surface area contributed by atoms with Gasteiger partial charge in [0.1, 0.15) is 5.75 Å². The Balaban J connectivity index is 1.52. The highest BCUT2D eigenvalue weighted by atomic mass is 32.2. The van der Waals surface area contributed by atoms with Crippen molar-refractivity contribution >= 4 is 29.0 Å². The topological polar surface area (TPSA) is 90.5 Å². The summed E-state index contributed by atoms with van der Waals surface area (Å²) in [6.07, 6.45) is 3.39. The molecular weight excluding hydrogens is 402 g/mol.